The Balaban J connectivity index is 2.51. The molecule has 2 aromatic rings. The molecule has 37 heavy (non-hydrogen) atoms. The van der Waals surface area contributed by atoms with E-state index in [1.54, 1.807) is 32.6 Å². The Kier molecular flexibility index (Phi) is 10.7. The Labute approximate surface area is 222 Å². The fraction of sp³-hybridized carbons (Fsp3) is 0.500. The number of ether oxygens (including phenoxy) is 1. The van der Waals surface area contributed by atoms with E-state index in [1.165, 1.54) is 0 Å². The van der Waals surface area contributed by atoms with E-state index in [0.717, 1.165) is 41.5 Å². The quantitative estimate of drug-likeness (QED) is 0.372. The molecule has 0 aromatic heterocycles. The van der Waals surface area contributed by atoms with Crippen molar-refractivity contribution in [3.8, 4) is 0 Å². The van der Waals surface area contributed by atoms with Crippen molar-refractivity contribution in [2.45, 2.75) is 92.3 Å². The third-order valence-electron chi connectivity index (χ3n) is 6.17. The van der Waals surface area contributed by atoms with Gasteiger partial charge in [0.1, 0.15) is 17.7 Å². The Bertz CT molecular complexity index is 1070. The van der Waals surface area contributed by atoms with Gasteiger partial charge in [0.15, 0.2) is 0 Å². The molecule has 0 radical (unpaired) electrons. The van der Waals surface area contributed by atoms with E-state index in [1.807, 2.05) is 63.2 Å². The van der Waals surface area contributed by atoms with Gasteiger partial charge in [0, 0.05) is 12.2 Å². The first-order valence-corrected chi connectivity index (χ1v) is 13.1. The summed E-state index contributed by atoms with van der Waals surface area (Å²) in [7, 11) is 0. The van der Waals surface area contributed by atoms with Crippen LogP contribution in [-0.2, 0) is 14.3 Å². The molecular formula is C30H43N3O4. The minimum Gasteiger partial charge on any atom is -0.444 e. The molecule has 0 fully saturated rings. The number of para-hydroxylation sites is 1. The van der Waals surface area contributed by atoms with E-state index < -0.39 is 23.8 Å². The molecule has 7 heteroatoms. The van der Waals surface area contributed by atoms with Gasteiger partial charge < -0.3 is 20.3 Å². The number of rotatable bonds is 10. The zero-order chi connectivity index (χ0) is 27.8. The van der Waals surface area contributed by atoms with Crippen LogP contribution >= 0.6 is 0 Å². The maximum atomic E-state index is 14.0. The smallest absolute Gasteiger partial charge is 0.408 e. The first kappa shape index (κ1) is 29.9. The highest BCUT2D eigenvalue weighted by Crippen LogP contribution is 2.30. The zero-order valence-electron chi connectivity index (χ0n) is 23.6. The van der Waals surface area contributed by atoms with Crippen LogP contribution in [0.1, 0.15) is 82.2 Å². The van der Waals surface area contributed by atoms with Gasteiger partial charge in [0.05, 0.1) is 0 Å². The number of unbranched alkanes of at least 4 members (excludes halogenated alkanes) is 2. The van der Waals surface area contributed by atoms with E-state index in [9.17, 15) is 14.4 Å². The molecule has 2 unspecified atom stereocenters. The largest absolute Gasteiger partial charge is 0.444 e. The van der Waals surface area contributed by atoms with Crippen molar-refractivity contribution < 1.29 is 19.1 Å². The van der Waals surface area contributed by atoms with Crippen LogP contribution < -0.4 is 10.6 Å². The minimum absolute atomic E-state index is 0.291. The number of carbonyl (C=O) groups excluding carboxylic acids is 3. The van der Waals surface area contributed by atoms with Crippen molar-refractivity contribution in [3.63, 3.8) is 0 Å². The fourth-order valence-corrected chi connectivity index (χ4v) is 4.29. The first-order chi connectivity index (χ1) is 17.4. The Morgan fingerprint density at radius 1 is 0.919 bits per heavy atom. The van der Waals surface area contributed by atoms with Gasteiger partial charge in [0.2, 0.25) is 5.91 Å². The molecule has 0 aliphatic rings. The number of nitrogens with zero attached hydrogens (tertiary/aromatic N) is 1. The molecular weight excluding hydrogens is 466 g/mol. The normalized spacial score (nSPS) is 12.9. The second-order valence-corrected chi connectivity index (χ2v) is 10.6. The molecule has 0 aliphatic heterocycles. The summed E-state index contributed by atoms with van der Waals surface area (Å²) in [6, 6.07) is 11.7. The number of carbonyl (C=O) groups is 3. The molecule has 0 saturated carbocycles. The number of hydrogen-bond acceptors (Lipinski definition) is 4. The fourth-order valence-electron chi connectivity index (χ4n) is 4.29. The lowest BCUT2D eigenvalue weighted by molar-refractivity contribution is -0.140. The van der Waals surface area contributed by atoms with Crippen LogP contribution in [0, 0.1) is 20.8 Å². The summed E-state index contributed by atoms with van der Waals surface area (Å²) in [5.41, 5.74) is 3.58. The number of anilines is 1. The van der Waals surface area contributed by atoms with E-state index in [-0.39, 0.29) is 11.8 Å². The second kappa shape index (κ2) is 13.3. The van der Waals surface area contributed by atoms with Crippen molar-refractivity contribution >= 4 is 23.6 Å². The number of hydrogen-bond donors (Lipinski definition) is 2. The highest BCUT2D eigenvalue weighted by Gasteiger charge is 2.36. The summed E-state index contributed by atoms with van der Waals surface area (Å²) in [6.07, 6.45) is 1.95. The molecule has 202 valence electrons. The molecule has 2 rings (SSSR count). The molecule has 0 saturated heterocycles. The van der Waals surface area contributed by atoms with E-state index >= 15 is 0 Å². The summed E-state index contributed by atoms with van der Waals surface area (Å²) < 4.78 is 5.36. The minimum atomic E-state index is -0.880. The second-order valence-electron chi connectivity index (χ2n) is 10.6. The highest BCUT2D eigenvalue weighted by molar-refractivity contribution is 5.99. The van der Waals surface area contributed by atoms with Gasteiger partial charge in [-0.2, -0.15) is 0 Å². The lowest BCUT2D eigenvalue weighted by atomic mass is 9.93. The molecule has 2 aromatic carbocycles. The van der Waals surface area contributed by atoms with Gasteiger partial charge in [-0.25, -0.2) is 4.79 Å². The topological polar surface area (TPSA) is 87.7 Å². The lowest BCUT2D eigenvalue weighted by Crippen LogP contribution is -2.51. The molecule has 0 heterocycles. The molecule has 0 aliphatic carbocycles. The summed E-state index contributed by atoms with van der Waals surface area (Å²) in [4.78, 5) is 41.9. The lowest BCUT2D eigenvalue weighted by Gasteiger charge is -2.35. The predicted molar refractivity (Wildman–Crippen MR) is 149 cm³/mol. The Hall–Kier alpha value is -3.35. The average Bonchev–Trinajstić information content (AvgIpc) is 2.79. The summed E-state index contributed by atoms with van der Waals surface area (Å²) >= 11 is 0. The summed E-state index contributed by atoms with van der Waals surface area (Å²) in [5.74, 6) is -0.629. The SMILES string of the molecule is CCCCCN(C(=O)C(C)NC(=O)OC(C)(C)C)C(C(=O)Nc1ccccc1C)c1c(C)cccc1C. The van der Waals surface area contributed by atoms with E-state index in [0.29, 0.717) is 12.2 Å². The monoisotopic (exact) mass is 509 g/mol. The van der Waals surface area contributed by atoms with Crippen LogP contribution in [0.5, 0.6) is 0 Å². The van der Waals surface area contributed by atoms with E-state index in [2.05, 4.69) is 17.6 Å². The number of benzene rings is 2. The Morgan fingerprint density at radius 2 is 1.51 bits per heavy atom. The maximum absolute atomic E-state index is 14.0. The molecule has 0 spiro atoms. The molecule has 2 N–H and O–H groups in total. The molecule has 2 atom stereocenters. The average molecular weight is 510 g/mol. The van der Waals surface area contributed by atoms with Crippen LogP contribution in [-0.4, -0.2) is 41.0 Å². The van der Waals surface area contributed by atoms with Crippen molar-refractivity contribution in [1.82, 2.24) is 10.2 Å². The van der Waals surface area contributed by atoms with Crippen molar-refractivity contribution in [3.05, 3.63) is 64.7 Å². The van der Waals surface area contributed by atoms with E-state index in [4.69, 9.17) is 4.74 Å². The van der Waals surface area contributed by atoms with Gasteiger partial charge in [-0.1, -0.05) is 56.2 Å². The number of nitrogens with one attached hydrogen (secondary N) is 2. The summed E-state index contributed by atoms with van der Waals surface area (Å²) in [6.45, 7) is 15.2. The van der Waals surface area contributed by atoms with Gasteiger partial charge in [-0.05, 0) is 83.2 Å². The van der Waals surface area contributed by atoms with Crippen molar-refractivity contribution in [1.29, 1.82) is 0 Å². The first-order valence-electron chi connectivity index (χ1n) is 13.1. The van der Waals surface area contributed by atoms with Crippen LogP contribution in [0.15, 0.2) is 42.5 Å². The van der Waals surface area contributed by atoms with Crippen molar-refractivity contribution in [2.24, 2.45) is 0 Å². The van der Waals surface area contributed by atoms with Crippen molar-refractivity contribution in [2.75, 3.05) is 11.9 Å². The number of aryl methyl sites for hydroxylation is 3. The van der Waals surface area contributed by atoms with Crippen LogP contribution in [0.25, 0.3) is 0 Å². The number of amides is 3. The maximum Gasteiger partial charge on any atom is 0.408 e. The Morgan fingerprint density at radius 3 is 2.08 bits per heavy atom. The van der Waals surface area contributed by atoms with Gasteiger partial charge in [-0.15, -0.1) is 0 Å². The third kappa shape index (κ3) is 8.62. The van der Waals surface area contributed by atoms with Gasteiger partial charge >= 0.3 is 6.09 Å². The van der Waals surface area contributed by atoms with Crippen LogP contribution in [0.4, 0.5) is 10.5 Å². The zero-order valence-corrected chi connectivity index (χ0v) is 23.6. The molecule has 3 amide bonds. The molecule has 0 bridgehead atoms. The summed E-state index contributed by atoms with van der Waals surface area (Å²) in [5, 5.41) is 5.71. The number of alkyl carbamates (subject to hydrolysis) is 1. The van der Waals surface area contributed by atoms with Gasteiger partial charge in [-0.3, -0.25) is 9.59 Å². The standard InChI is InChI=1S/C30H43N3O4/c1-9-10-13-19-33(28(35)23(5)31-29(36)37-30(6,7)8)26(25-21(3)16-14-17-22(25)4)27(34)32-24-18-12-11-15-20(24)2/h11-12,14-18,23,26H,9-10,13,19H2,1-8H3,(H,31,36)(H,32,34). The van der Waals surface area contributed by atoms with Crippen LogP contribution in [0.3, 0.4) is 0 Å². The molecule has 7 nitrogen and oxygen atoms in total. The predicted octanol–water partition coefficient (Wildman–Crippen LogP) is 6.22. The van der Waals surface area contributed by atoms with Crippen LogP contribution in [0.2, 0.25) is 0 Å². The van der Waals surface area contributed by atoms with Gasteiger partial charge in [0.25, 0.3) is 5.91 Å². The third-order valence-corrected chi connectivity index (χ3v) is 6.17. The highest BCUT2D eigenvalue weighted by atomic mass is 16.6.